The van der Waals surface area contributed by atoms with Gasteiger partial charge in [-0.05, 0) is 55.8 Å². The highest BCUT2D eigenvalue weighted by molar-refractivity contribution is 5.81. The summed E-state index contributed by atoms with van der Waals surface area (Å²) in [6.07, 6.45) is 3.76. The first kappa shape index (κ1) is 19.1. The molecular formula is C22H30N4O. The molecule has 144 valence electrons. The summed E-state index contributed by atoms with van der Waals surface area (Å²) < 4.78 is 3.35. The molecule has 1 heterocycles. The second kappa shape index (κ2) is 8.33. The molecule has 0 saturated carbocycles. The fraction of sp³-hybridized carbons (Fsp3) is 0.409. The maximum atomic E-state index is 12.1. The monoisotopic (exact) mass is 366 g/mol. The van der Waals surface area contributed by atoms with Crippen LogP contribution < -0.4 is 15.9 Å². The van der Waals surface area contributed by atoms with E-state index in [1.54, 1.807) is 23.2 Å². The Morgan fingerprint density at radius 1 is 0.889 bits per heavy atom. The number of nitrogens with one attached hydrogen (secondary N) is 1. The van der Waals surface area contributed by atoms with E-state index in [-0.39, 0.29) is 5.69 Å². The molecule has 3 rings (SSSR count). The number of nitrogens with zero attached hydrogens (tertiary/aromatic N) is 3. The second-order valence-electron chi connectivity index (χ2n) is 7.06. The van der Waals surface area contributed by atoms with Crippen LogP contribution in [0.4, 0.5) is 17.1 Å². The molecule has 0 unspecified atom stereocenters. The van der Waals surface area contributed by atoms with Crippen molar-refractivity contribution in [1.29, 1.82) is 0 Å². The van der Waals surface area contributed by atoms with Crippen LogP contribution >= 0.6 is 0 Å². The molecule has 0 atom stereocenters. The van der Waals surface area contributed by atoms with Crippen LogP contribution in [0.15, 0.2) is 47.3 Å². The number of anilines is 3. The lowest BCUT2D eigenvalue weighted by Gasteiger charge is -2.23. The van der Waals surface area contributed by atoms with Crippen LogP contribution in [0.1, 0.15) is 33.1 Å². The minimum Gasteiger partial charge on any atom is -0.372 e. The summed E-state index contributed by atoms with van der Waals surface area (Å²) in [5.74, 6) is 0. The topological polar surface area (TPSA) is 42.2 Å². The van der Waals surface area contributed by atoms with Crippen molar-refractivity contribution in [2.24, 2.45) is 14.1 Å². The van der Waals surface area contributed by atoms with Crippen molar-refractivity contribution in [3.8, 4) is 0 Å². The van der Waals surface area contributed by atoms with Gasteiger partial charge in [-0.3, -0.25) is 9.13 Å². The normalized spacial score (nSPS) is 11.1. The number of aryl methyl sites for hydroxylation is 2. The van der Waals surface area contributed by atoms with Crippen LogP contribution in [-0.4, -0.2) is 22.2 Å². The number of hydrogen-bond acceptors (Lipinski definition) is 3. The molecule has 0 bridgehead atoms. The lowest BCUT2D eigenvalue weighted by molar-refractivity contribution is 0.685. The minimum absolute atomic E-state index is 0.00534. The van der Waals surface area contributed by atoms with Crippen molar-refractivity contribution in [2.45, 2.75) is 33.1 Å². The van der Waals surface area contributed by atoms with Gasteiger partial charge in [0.15, 0.2) is 0 Å². The summed E-state index contributed by atoms with van der Waals surface area (Å²) in [4.78, 5) is 14.5. The zero-order valence-electron chi connectivity index (χ0n) is 16.8. The molecule has 5 heteroatoms. The van der Waals surface area contributed by atoms with Crippen molar-refractivity contribution in [3.63, 3.8) is 0 Å². The van der Waals surface area contributed by atoms with Gasteiger partial charge in [-0.25, -0.2) is 4.79 Å². The molecule has 0 radical (unpaired) electrons. The molecule has 0 spiro atoms. The third-order valence-electron chi connectivity index (χ3n) is 5.21. The third-order valence-corrected chi connectivity index (χ3v) is 5.21. The highest BCUT2D eigenvalue weighted by atomic mass is 16.1. The number of hydrogen-bond donors (Lipinski definition) is 1. The summed E-state index contributed by atoms with van der Waals surface area (Å²) in [5.41, 5.74) is 5.15. The van der Waals surface area contributed by atoms with Crippen molar-refractivity contribution in [1.82, 2.24) is 9.13 Å². The van der Waals surface area contributed by atoms with Gasteiger partial charge >= 0.3 is 5.69 Å². The summed E-state index contributed by atoms with van der Waals surface area (Å²) in [6, 6.07) is 14.6. The number of rotatable bonds is 8. The third kappa shape index (κ3) is 4.02. The molecule has 0 aliphatic carbocycles. The molecule has 0 saturated heterocycles. The van der Waals surface area contributed by atoms with Crippen LogP contribution in [0.3, 0.4) is 0 Å². The maximum absolute atomic E-state index is 12.1. The van der Waals surface area contributed by atoms with Crippen LogP contribution in [-0.2, 0) is 14.1 Å². The van der Waals surface area contributed by atoms with Crippen LogP contribution in [0, 0.1) is 0 Å². The number of aromatic nitrogens is 2. The van der Waals surface area contributed by atoms with Gasteiger partial charge in [0.05, 0.1) is 11.0 Å². The van der Waals surface area contributed by atoms with Gasteiger partial charge in [0.1, 0.15) is 0 Å². The van der Waals surface area contributed by atoms with Crippen LogP contribution in [0.2, 0.25) is 0 Å². The highest BCUT2D eigenvalue weighted by Gasteiger charge is 2.08. The Hall–Kier alpha value is -2.69. The smallest absolute Gasteiger partial charge is 0.328 e. The lowest BCUT2D eigenvalue weighted by Crippen LogP contribution is -2.23. The zero-order valence-corrected chi connectivity index (χ0v) is 16.8. The van der Waals surface area contributed by atoms with E-state index in [1.165, 1.54) is 24.9 Å². The van der Waals surface area contributed by atoms with Crippen molar-refractivity contribution >= 4 is 28.1 Å². The van der Waals surface area contributed by atoms with Gasteiger partial charge in [-0.15, -0.1) is 0 Å². The summed E-state index contributed by atoms with van der Waals surface area (Å²) in [5, 5.41) is 3.45. The Kier molecular flexibility index (Phi) is 5.89. The van der Waals surface area contributed by atoms with Gasteiger partial charge in [-0.2, -0.15) is 0 Å². The average molecular weight is 367 g/mol. The number of fused-ring (bicyclic) bond motifs is 1. The Labute approximate surface area is 161 Å². The van der Waals surface area contributed by atoms with E-state index in [1.807, 2.05) is 18.2 Å². The summed E-state index contributed by atoms with van der Waals surface area (Å²) >= 11 is 0. The first-order valence-corrected chi connectivity index (χ1v) is 9.82. The quantitative estimate of drug-likeness (QED) is 0.591. The molecule has 3 aromatic rings. The first-order chi connectivity index (χ1) is 13.0. The predicted molar refractivity (Wildman–Crippen MR) is 115 cm³/mol. The number of unbranched alkanes of at least 4 members (excludes halogenated alkanes) is 2. The Bertz CT molecular complexity index is 953. The second-order valence-corrected chi connectivity index (χ2v) is 7.06. The molecule has 0 aliphatic rings. The molecule has 0 aliphatic heterocycles. The van der Waals surface area contributed by atoms with Gasteiger partial charge in [0.25, 0.3) is 0 Å². The van der Waals surface area contributed by atoms with Crippen LogP contribution in [0.25, 0.3) is 11.0 Å². The molecule has 1 N–H and O–H groups in total. The van der Waals surface area contributed by atoms with E-state index in [0.717, 1.165) is 35.5 Å². The average Bonchev–Trinajstić information content (AvgIpc) is 2.90. The van der Waals surface area contributed by atoms with E-state index in [4.69, 9.17) is 0 Å². The Morgan fingerprint density at radius 2 is 1.56 bits per heavy atom. The maximum Gasteiger partial charge on any atom is 0.328 e. The number of benzene rings is 2. The molecule has 0 amide bonds. The molecule has 27 heavy (non-hydrogen) atoms. The van der Waals surface area contributed by atoms with Gasteiger partial charge in [-0.1, -0.05) is 19.8 Å². The largest absolute Gasteiger partial charge is 0.372 e. The SMILES string of the molecule is CCCCCN(CC)c1ccc(Nc2ccc3c(c2)n(C)c(=O)n3C)cc1. The van der Waals surface area contributed by atoms with Crippen molar-refractivity contribution in [2.75, 3.05) is 23.3 Å². The van der Waals surface area contributed by atoms with E-state index >= 15 is 0 Å². The van der Waals surface area contributed by atoms with Gasteiger partial charge in [0.2, 0.25) is 0 Å². The predicted octanol–water partition coefficient (Wildman–Crippen LogP) is 4.64. The molecule has 2 aromatic carbocycles. The fourth-order valence-electron chi connectivity index (χ4n) is 3.53. The first-order valence-electron chi connectivity index (χ1n) is 9.82. The molecule has 0 fully saturated rings. The summed E-state index contributed by atoms with van der Waals surface area (Å²) in [7, 11) is 3.61. The van der Waals surface area contributed by atoms with E-state index in [2.05, 4.69) is 48.3 Å². The Morgan fingerprint density at radius 3 is 2.22 bits per heavy atom. The lowest BCUT2D eigenvalue weighted by atomic mass is 10.2. The van der Waals surface area contributed by atoms with Crippen molar-refractivity contribution < 1.29 is 0 Å². The molecule has 1 aromatic heterocycles. The van der Waals surface area contributed by atoms with Crippen molar-refractivity contribution in [3.05, 3.63) is 52.9 Å². The summed E-state index contributed by atoms with van der Waals surface area (Å²) in [6.45, 7) is 6.57. The van der Waals surface area contributed by atoms with Gasteiger partial charge < -0.3 is 10.2 Å². The molecule has 5 nitrogen and oxygen atoms in total. The van der Waals surface area contributed by atoms with E-state index < -0.39 is 0 Å². The number of imidazole rings is 1. The standard InChI is InChI=1S/C22H30N4O/c1-5-7-8-15-26(6-2)19-12-9-17(10-13-19)23-18-11-14-20-21(16-18)25(4)22(27)24(20)3/h9-14,16,23H,5-8,15H2,1-4H3. The minimum atomic E-state index is -0.00534. The molecular weight excluding hydrogens is 336 g/mol. The fourth-order valence-corrected chi connectivity index (χ4v) is 3.53. The zero-order chi connectivity index (χ0) is 19.4. The Balaban J connectivity index is 1.75. The van der Waals surface area contributed by atoms with Crippen LogP contribution in [0.5, 0.6) is 0 Å². The van der Waals surface area contributed by atoms with Gasteiger partial charge in [0, 0.05) is 44.2 Å². The van der Waals surface area contributed by atoms with E-state index in [0.29, 0.717) is 0 Å². The van der Waals surface area contributed by atoms with E-state index in [9.17, 15) is 4.79 Å². The highest BCUT2D eigenvalue weighted by Crippen LogP contribution is 2.24.